The van der Waals surface area contributed by atoms with Crippen LogP contribution in [0, 0.1) is 0 Å². The van der Waals surface area contributed by atoms with Crippen LogP contribution in [-0.4, -0.2) is 45.9 Å². The number of hydrogen-bond acceptors (Lipinski definition) is 3. The van der Waals surface area contributed by atoms with E-state index in [1.54, 1.807) is 24.3 Å². The number of halogens is 3. The van der Waals surface area contributed by atoms with Gasteiger partial charge in [0.2, 0.25) is 0 Å². The van der Waals surface area contributed by atoms with Crippen LogP contribution < -0.4 is 0 Å². The molecular formula is C13H14F3NO3. The number of nitrogens with zero attached hydrogens (tertiary/aromatic N) is 1. The highest BCUT2D eigenvalue weighted by atomic mass is 19.4. The Bertz CT molecular complexity index is 504. The monoisotopic (exact) mass is 289 g/mol. The van der Waals surface area contributed by atoms with Crippen LogP contribution in [0.1, 0.15) is 11.1 Å². The largest absolute Gasteiger partial charge is 0.480 e. The fourth-order valence-electron chi connectivity index (χ4n) is 2.34. The number of β-amino-alcohol motifs (C(OH)–C–C–N with tert-alkyl or cyclic N) is 1. The number of carbonyl (C=O) groups is 1. The number of aliphatic carboxylic acids is 1. The van der Waals surface area contributed by atoms with Gasteiger partial charge >= 0.3 is 12.1 Å². The van der Waals surface area contributed by atoms with E-state index >= 15 is 0 Å². The van der Waals surface area contributed by atoms with Crippen LogP contribution in [0.3, 0.4) is 0 Å². The summed E-state index contributed by atoms with van der Waals surface area (Å²) in [5.74, 6) is -1.19. The molecule has 20 heavy (non-hydrogen) atoms. The first-order chi connectivity index (χ1) is 9.29. The topological polar surface area (TPSA) is 60.8 Å². The smallest absolute Gasteiger partial charge is 0.415 e. The zero-order valence-electron chi connectivity index (χ0n) is 10.5. The Morgan fingerprint density at radius 3 is 2.50 bits per heavy atom. The summed E-state index contributed by atoms with van der Waals surface area (Å²) in [6.45, 7) is -0.658. The molecule has 1 aromatic carbocycles. The summed E-state index contributed by atoms with van der Waals surface area (Å²) in [6, 6.07) is 5.97. The average Bonchev–Trinajstić information content (AvgIpc) is 2.36. The number of hydrogen-bond donors (Lipinski definition) is 2. The minimum atomic E-state index is -4.75. The number of aliphatic hydroxyl groups is 1. The highest BCUT2D eigenvalue weighted by Crippen LogP contribution is 2.27. The van der Waals surface area contributed by atoms with E-state index < -0.39 is 30.8 Å². The minimum Gasteiger partial charge on any atom is -0.480 e. The first-order valence-corrected chi connectivity index (χ1v) is 6.07. The Hall–Kier alpha value is -1.60. The molecule has 0 aromatic heterocycles. The van der Waals surface area contributed by atoms with Gasteiger partial charge in [-0.2, -0.15) is 13.2 Å². The highest BCUT2D eigenvalue weighted by molar-refractivity contribution is 5.74. The van der Waals surface area contributed by atoms with Crippen molar-refractivity contribution in [1.82, 2.24) is 4.90 Å². The van der Waals surface area contributed by atoms with Crippen molar-refractivity contribution in [3.8, 4) is 0 Å². The van der Waals surface area contributed by atoms with Crippen LogP contribution in [0.15, 0.2) is 24.3 Å². The Kier molecular flexibility index (Phi) is 4.01. The molecule has 0 radical (unpaired) electrons. The van der Waals surface area contributed by atoms with Gasteiger partial charge in [-0.25, -0.2) is 0 Å². The lowest BCUT2D eigenvalue weighted by Gasteiger charge is -2.35. The zero-order chi connectivity index (χ0) is 14.9. The van der Waals surface area contributed by atoms with Crippen LogP contribution in [-0.2, 0) is 17.8 Å². The first-order valence-electron chi connectivity index (χ1n) is 6.07. The van der Waals surface area contributed by atoms with Crippen molar-refractivity contribution in [1.29, 1.82) is 0 Å². The molecule has 1 aromatic rings. The molecule has 4 nitrogen and oxygen atoms in total. The lowest BCUT2D eigenvalue weighted by molar-refractivity contribution is -0.210. The number of carboxylic acids is 1. The third-order valence-electron chi connectivity index (χ3n) is 3.42. The highest BCUT2D eigenvalue weighted by Gasteiger charge is 2.42. The van der Waals surface area contributed by atoms with Crippen molar-refractivity contribution >= 4 is 5.97 Å². The number of rotatable bonds is 3. The standard InChI is InChI=1S/C13H14F3NO3/c14-13(15,16)11(18)7-17-6-9-4-2-1-3-8(9)5-10(17)12(19)20/h1-4,10-11,18H,5-7H2,(H,19,20). The molecular weight excluding hydrogens is 275 g/mol. The van der Waals surface area contributed by atoms with Gasteiger partial charge in [0.05, 0.1) is 0 Å². The van der Waals surface area contributed by atoms with Crippen LogP contribution in [0.25, 0.3) is 0 Å². The Labute approximate surface area is 113 Å². The van der Waals surface area contributed by atoms with Crippen LogP contribution in [0.2, 0.25) is 0 Å². The molecule has 1 heterocycles. The third-order valence-corrected chi connectivity index (χ3v) is 3.42. The second-order valence-electron chi connectivity index (χ2n) is 4.81. The fraction of sp³-hybridized carbons (Fsp3) is 0.462. The van der Waals surface area contributed by atoms with Crippen molar-refractivity contribution in [3.63, 3.8) is 0 Å². The summed E-state index contributed by atoms with van der Waals surface area (Å²) in [5, 5.41) is 18.3. The van der Waals surface area contributed by atoms with Gasteiger partial charge < -0.3 is 10.2 Å². The van der Waals surface area contributed by atoms with Gasteiger partial charge in [0.15, 0.2) is 6.10 Å². The summed E-state index contributed by atoms with van der Waals surface area (Å²) in [7, 11) is 0. The molecule has 0 aliphatic carbocycles. The van der Waals surface area contributed by atoms with Crippen molar-refractivity contribution in [2.45, 2.75) is 31.3 Å². The molecule has 2 rings (SSSR count). The van der Waals surface area contributed by atoms with E-state index in [1.807, 2.05) is 0 Å². The van der Waals surface area contributed by atoms with E-state index in [-0.39, 0.29) is 13.0 Å². The molecule has 0 amide bonds. The normalized spacial score (nSPS) is 21.3. The maximum Gasteiger partial charge on any atom is 0.415 e. The second-order valence-corrected chi connectivity index (χ2v) is 4.81. The molecule has 1 aliphatic rings. The number of alkyl halides is 3. The summed E-state index contributed by atoms with van der Waals surface area (Å²) >= 11 is 0. The lowest BCUT2D eigenvalue weighted by Crippen LogP contribution is -2.51. The molecule has 2 atom stereocenters. The van der Waals surface area contributed by atoms with Crippen LogP contribution in [0.4, 0.5) is 13.2 Å². The molecule has 2 unspecified atom stereocenters. The molecule has 0 bridgehead atoms. The minimum absolute atomic E-state index is 0.0836. The van der Waals surface area contributed by atoms with Gasteiger partial charge in [-0.1, -0.05) is 24.3 Å². The van der Waals surface area contributed by atoms with E-state index in [1.165, 1.54) is 0 Å². The number of carboxylic acid groups (broad SMARTS) is 1. The molecule has 7 heteroatoms. The summed E-state index contributed by atoms with van der Waals surface area (Å²) in [6.07, 6.45) is -7.16. The predicted octanol–water partition coefficient (Wildman–Crippen LogP) is 1.42. The van der Waals surface area contributed by atoms with Gasteiger partial charge in [-0.15, -0.1) is 0 Å². The SMILES string of the molecule is O=C(O)C1Cc2ccccc2CN1CC(O)C(F)(F)F. The second kappa shape index (κ2) is 5.41. The van der Waals surface area contributed by atoms with Crippen LogP contribution >= 0.6 is 0 Å². The molecule has 1 aliphatic heterocycles. The Morgan fingerprint density at radius 2 is 1.95 bits per heavy atom. The van der Waals surface area contributed by atoms with Gasteiger partial charge in [0.25, 0.3) is 0 Å². The van der Waals surface area contributed by atoms with E-state index in [0.29, 0.717) is 0 Å². The molecule has 0 saturated carbocycles. The van der Waals surface area contributed by atoms with E-state index in [4.69, 9.17) is 10.2 Å². The Morgan fingerprint density at radius 1 is 1.35 bits per heavy atom. The molecule has 2 N–H and O–H groups in total. The van der Waals surface area contributed by atoms with Crippen LogP contribution in [0.5, 0.6) is 0 Å². The van der Waals surface area contributed by atoms with E-state index in [2.05, 4.69) is 0 Å². The number of aliphatic hydroxyl groups excluding tert-OH is 1. The Balaban J connectivity index is 2.20. The van der Waals surface area contributed by atoms with Crippen molar-refractivity contribution in [2.24, 2.45) is 0 Å². The fourth-order valence-corrected chi connectivity index (χ4v) is 2.34. The molecule has 0 saturated heterocycles. The van der Waals surface area contributed by atoms with Gasteiger partial charge in [0, 0.05) is 13.1 Å². The molecule has 0 spiro atoms. The number of benzene rings is 1. The zero-order valence-corrected chi connectivity index (χ0v) is 10.5. The first kappa shape index (κ1) is 14.8. The lowest BCUT2D eigenvalue weighted by atomic mass is 9.93. The van der Waals surface area contributed by atoms with Gasteiger partial charge in [-0.05, 0) is 17.5 Å². The third kappa shape index (κ3) is 3.10. The summed E-state index contributed by atoms with van der Waals surface area (Å²) < 4.78 is 37.2. The average molecular weight is 289 g/mol. The van der Waals surface area contributed by atoms with Crippen molar-refractivity contribution in [2.75, 3.05) is 6.54 Å². The summed E-state index contributed by atoms with van der Waals surface area (Å²) in [5.41, 5.74) is 1.61. The van der Waals surface area contributed by atoms with E-state index in [9.17, 15) is 18.0 Å². The molecule has 110 valence electrons. The van der Waals surface area contributed by atoms with Gasteiger partial charge in [-0.3, -0.25) is 9.69 Å². The van der Waals surface area contributed by atoms with Crippen molar-refractivity contribution < 1.29 is 28.2 Å². The maximum absolute atomic E-state index is 12.4. The molecule has 0 fully saturated rings. The number of fused-ring (bicyclic) bond motifs is 1. The predicted molar refractivity (Wildman–Crippen MR) is 64.0 cm³/mol. The quantitative estimate of drug-likeness (QED) is 0.883. The summed E-state index contributed by atoms with van der Waals surface area (Å²) in [4.78, 5) is 12.4. The van der Waals surface area contributed by atoms with Gasteiger partial charge in [0.1, 0.15) is 6.04 Å². The van der Waals surface area contributed by atoms with Crippen molar-refractivity contribution in [3.05, 3.63) is 35.4 Å². The maximum atomic E-state index is 12.4. The van der Waals surface area contributed by atoms with E-state index in [0.717, 1.165) is 16.0 Å².